The number of ether oxygens (including phenoxy) is 1. The molecule has 4 heteroatoms. The standard InChI is InChI=1S/C11H12BrNO2/c1-15-11(14)10-9(6-13-10)7-2-4-8(12)5-3-7/h2-5,9-10,13H,6H2,1H3/t9-,10+/m0/s1. The first-order valence-electron chi connectivity index (χ1n) is 4.79. The summed E-state index contributed by atoms with van der Waals surface area (Å²) in [6, 6.07) is 7.86. The minimum absolute atomic E-state index is 0.184. The number of benzene rings is 1. The van der Waals surface area contributed by atoms with E-state index in [-0.39, 0.29) is 17.9 Å². The summed E-state index contributed by atoms with van der Waals surface area (Å²) in [7, 11) is 1.42. The molecule has 2 rings (SSSR count). The van der Waals surface area contributed by atoms with Crippen molar-refractivity contribution in [1.82, 2.24) is 5.32 Å². The van der Waals surface area contributed by atoms with Crippen LogP contribution in [0.15, 0.2) is 28.7 Å². The maximum Gasteiger partial charge on any atom is 0.323 e. The largest absolute Gasteiger partial charge is 0.468 e. The van der Waals surface area contributed by atoms with E-state index in [2.05, 4.69) is 21.2 Å². The first-order chi connectivity index (χ1) is 7.22. The van der Waals surface area contributed by atoms with Crippen molar-refractivity contribution in [2.75, 3.05) is 13.7 Å². The Labute approximate surface area is 96.9 Å². The first-order valence-corrected chi connectivity index (χ1v) is 5.58. The summed E-state index contributed by atoms with van der Waals surface area (Å²) in [6.45, 7) is 0.835. The maximum absolute atomic E-state index is 11.4. The zero-order chi connectivity index (χ0) is 10.8. The summed E-state index contributed by atoms with van der Waals surface area (Å²) < 4.78 is 5.77. The van der Waals surface area contributed by atoms with Gasteiger partial charge in [-0.3, -0.25) is 4.79 Å². The zero-order valence-electron chi connectivity index (χ0n) is 8.37. The van der Waals surface area contributed by atoms with Gasteiger partial charge in [0.15, 0.2) is 0 Å². The molecular formula is C11H12BrNO2. The summed E-state index contributed by atoms with van der Waals surface area (Å²) >= 11 is 3.38. The van der Waals surface area contributed by atoms with E-state index in [9.17, 15) is 4.79 Å². The smallest absolute Gasteiger partial charge is 0.323 e. The van der Waals surface area contributed by atoms with Gasteiger partial charge in [0.2, 0.25) is 0 Å². The molecule has 0 spiro atoms. The molecule has 0 aromatic heterocycles. The number of hydrogen-bond acceptors (Lipinski definition) is 3. The van der Waals surface area contributed by atoms with E-state index in [1.54, 1.807) is 0 Å². The maximum atomic E-state index is 11.4. The lowest BCUT2D eigenvalue weighted by Crippen LogP contribution is -2.56. The van der Waals surface area contributed by atoms with Crippen molar-refractivity contribution < 1.29 is 9.53 Å². The van der Waals surface area contributed by atoms with Crippen molar-refractivity contribution in [3.8, 4) is 0 Å². The molecule has 2 atom stereocenters. The highest BCUT2D eigenvalue weighted by atomic mass is 79.9. The van der Waals surface area contributed by atoms with Gasteiger partial charge in [-0.05, 0) is 17.7 Å². The Morgan fingerprint density at radius 1 is 1.47 bits per heavy atom. The number of nitrogens with one attached hydrogen (secondary N) is 1. The van der Waals surface area contributed by atoms with Crippen molar-refractivity contribution in [3.05, 3.63) is 34.3 Å². The summed E-state index contributed by atoms with van der Waals surface area (Å²) in [5, 5.41) is 3.07. The van der Waals surface area contributed by atoms with Crippen LogP contribution >= 0.6 is 15.9 Å². The quantitative estimate of drug-likeness (QED) is 0.831. The summed E-state index contributed by atoms with van der Waals surface area (Å²) in [5.74, 6) is 0.0553. The molecule has 0 amide bonds. The molecule has 0 unspecified atom stereocenters. The van der Waals surface area contributed by atoms with E-state index in [4.69, 9.17) is 4.74 Å². The van der Waals surface area contributed by atoms with Gasteiger partial charge in [0, 0.05) is 16.9 Å². The minimum atomic E-state index is -0.186. The molecule has 1 fully saturated rings. The zero-order valence-corrected chi connectivity index (χ0v) is 9.95. The van der Waals surface area contributed by atoms with Crippen molar-refractivity contribution in [1.29, 1.82) is 0 Å². The van der Waals surface area contributed by atoms with Crippen LogP contribution < -0.4 is 5.32 Å². The highest BCUT2D eigenvalue weighted by molar-refractivity contribution is 9.10. The Kier molecular flexibility index (Phi) is 3.07. The van der Waals surface area contributed by atoms with Gasteiger partial charge >= 0.3 is 5.97 Å². The molecule has 1 aromatic carbocycles. The van der Waals surface area contributed by atoms with Gasteiger partial charge in [-0.15, -0.1) is 0 Å². The third-order valence-corrected chi connectivity index (χ3v) is 3.24. The predicted octanol–water partition coefficient (Wildman–Crippen LogP) is 1.68. The lowest BCUT2D eigenvalue weighted by molar-refractivity contribution is -0.145. The fraction of sp³-hybridized carbons (Fsp3) is 0.364. The van der Waals surface area contributed by atoms with Crippen molar-refractivity contribution in [3.63, 3.8) is 0 Å². The highest BCUT2D eigenvalue weighted by Crippen LogP contribution is 2.27. The van der Waals surface area contributed by atoms with E-state index >= 15 is 0 Å². The number of hydrogen-bond donors (Lipinski definition) is 1. The number of carbonyl (C=O) groups excluding carboxylic acids is 1. The van der Waals surface area contributed by atoms with Gasteiger partial charge in [0.1, 0.15) is 6.04 Å². The Balaban J connectivity index is 2.12. The van der Waals surface area contributed by atoms with E-state index in [1.807, 2.05) is 24.3 Å². The van der Waals surface area contributed by atoms with Crippen LogP contribution in [-0.4, -0.2) is 25.7 Å². The second-order valence-corrected chi connectivity index (χ2v) is 4.48. The van der Waals surface area contributed by atoms with Crippen LogP contribution in [0.2, 0.25) is 0 Å². The number of rotatable bonds is 2. The number of esters is 1. The van der Waals surface area contributed by atoms with Crippen LogP contribution in [0.25, 0.3) is 0 Å². The first kappa shape index (κ1) is 10.6. The molecule has 80 valence electrons. The monoisotopic (exact) mass is 269 g/mol. The van der Waals surface area contributed by atoms with Crippen LogP contribution in [0.3, 0.4) is 0 Å². The third-order valence-electron chi connectivity index (χ3n) is 2.71. The van der Waals surface area contributed by atoms with Gasteiger partial charge in [0.25, 0.3) is 0 Å². The Morgan fingerprint density at radius 2 is 2.13 bits per heavy atom. The van der Waals surface area contributed by atoms with Crippen LogP contribution in [-0.2, 0) is 9.53 Å². The van der Waals surface area contributed by atoms with Crippen LogP contribution in [0.1, 0.15) is 11.5 Å². The Morgan fingerprint density at radius 3 is 2.60 bits per heavy atom. The Hall–Kier alpha value is -0.870. The fourth-order valence-electron chi connectivity index (χ4n) is 1.75. The fourth-order valence-corrected chi connectivity index (χ4v) is 2.01. The second kappa shape index (κ2) is 4.33. The van der Waals surface area contributed by atoms with Crippen molar-refractivity contribution in [2.24, 2.45) is 0 Å². The molecule has 1 heterocycles. The van der Waals surface area contributed by atoms with E-state index in [0.29, 0.717) is 0 Å². The van der Waals surface area contributed by atoms with Crippen molar-refractivity contribution >= 4 is 21.9 Å². The topological polar surface area (TPSA) is 38.3 Å². The van der Waals surface area contributed by atoms with Gasteiger partial charge in [0.05, 0.1) is 7.11 Å². The number of halogens is 1. The number of carbonyl (C=O) groups is 1. The molecule has 1 N–H and O–H groups in total. The molecule has 1 saturated heterocycles. The van der Waals surface area contributed by atoms with Gasteiger partial charge in [-0.1, -0.05) is 28.1 Å². The minimum Gasteiger partial charge on any atom is -0.468 e. The van der Waals surface area contributed by atoms with E-state index < -0.39 is 0 Å². The SMILES string of the molecule is COC(=O)[C@@H]1NC[C@H]1c1ccc(Br)cc1. The van der Waals surface area contributed by atoms with Gasteiger partial charge in [-0.25, -0.2) is 0 Å². The summed E-state index contributed by atoms with van der Waals surface area (Å²) in [6.07, 6.45) is 0. The van der Waals surface area contributed by atoms with E-state index in [1.165, 1.54) is 12.7 Å². The third kappa shape index (κ3) is 2.06. The predicted molar refractivity (Wildman–Crippen MR) is 60.7 cm³/mol. The molecule has 15 heavy (non-hydrogen) atoms. The molecule has 0 aliphatic carbocycles. The van der Waals surface area contributed by atoms with Crippen LogP contribution in [0.4, 0.5) is 0 Å². The number of methoxy groups -OCH3 is 1. The lowest BCUT2D eigenvalue weighted by Gasteiger charge is -2.36. The average molecular weight is 270 g/mol. The molecular weight excluding hydrogens is 258 g/mol. The Bertz CT molecular complexity index is 363. The molecule has 1 aliphatic heterocycles. The van der Waals surface area contributed by atoms with Crippen molar-refractivity contribution in [2.45, 2.75) is 12.0 Å². The molecule has 1 aliphatic rings. The molecule has 1 aromatic rings. The molecule has 0 saturated carbocycles. The summed E-state index contributed by atoms with van der Waals surface area (Å²) in [4.78, 5) is 11.4. The molecule has 3 nitrogen and oxygen atoms in total. The van der Waals surface area contributed by atoms with Crippen LogP contribution in [0.5, 0.6) is 0 Å². The average Bonchev–Trinajstić information content (AvgIpc) is 2.19. The van der Waals surface area contributed by atoms with Gasteiger partial charge in [-0.2, -0.15) is 0 Å². The van der Waals surface area contributed by atoms with E-state index in [0.717, 1.165) is 11.0 Å². The summed E-state index contributed by atoms with van der Waals surface area (Å²) in [5.41, 5.74) is 1.17. The lowest BCUT2D eigenvalue weighted by atomic mass is 9.85. The van der Waals surface area contributed by atoms with Crippen LogP contribution in [0, 0.1) is 0 Å². The normalized spacial score (nSPS) is 24.4. The van der Waals surface area contributed by atoms with Gasteiger partial charge < -0.3 is 10.1 Å². The second-order valence-electron chi connectivity index (χ2n) is 3.57. The molecule has 0 bridgehead atoms. The highest BCUT2D eigenvalue weighted by Gasteiger charge is 2.37. The molecule has 0 radical (unpaired) electrons.